The lowest BCUT2D eigenvalue weighted by molar-refractivity contribution is 0.103. The SMILES string of the molecule is CCCOc1c(Cl)cc(Cl)cc1C(=O)c1cccc(N)c1. The Morgan fingerprint density at radius 1 is 1.24 bits per heavy atom. The molecule has 0 fully saturated rings. The molecule has 5 heteroatoms. The van der Waals surface area contributed by atoms with Gasteiger partial charge < -0.3 is 10.5 Å². The van der Waals surface area contributed by atoms with Crippen molar-refractivity contribution in [2.75, 3.05) is 12.3 Å². The topological polar surface area (TPSA) is 52.3 Å². The third kappa shape index (κ3) is 3.69. The Kier molecular flexibility index (Phi) is 5.10. The van der Waals surface area contributed by atoms with E-state index in [1.165, 1.54) is 0 Å². The number of ketones is 1. The lowest BCUT2D eigenvalue weighted by atomic mass is 10.0. The molecule has 0 aliphatic heterocycles. The van der Waals surface area contributed by atoms with Crippen LogP contribution < -0.4 is 10.5 Å². The van der Waals surface area contributed by atoms with Crippen molar-refractivity contribution < 1.29 is 9.53 Å². The first-order valence-corrected chi connectivity index (χ1v) is 7.30. The number of hydrogen-bond acceptors (Lipinski definition) is 3. The van der Waals surface area contributed by atoms with E-state index in [4.69, 9.17) is 33.7 Å². The Morgan fingerprint density at radius 3 is 2.67 bits per heavy atom. The quantitative estimate of drug-likeness (QED) is 0.646. The molecule has 0 saturated heterocycles. The van der Waals surface area contributed by atoms with Gasteiger partial charge in [0.1, 0.15) is 5.75 Å². The van der Waals surface area contributed by atoms with Gasteiger partial charge in [0.25, 0.3) is 0 Å². The third-order valence-electron chi connectivity index (χ3n) is 2.85. The van der Waals surface area contributed by atoms with Crippen LogP contribution >= 0.6 is 23.2 Å². The fourth-order valence-electron chi connectivity index (χ4n) is 1.92. The number of carbonyl (C=O) groups is 1. The Balaban J connectivity index is 2.48. The number of nitrogen functional groups attached to an aromatic ring is 1. The van der Waals surface area contributed by atoms with Crippen LogP contribution in [0.25, 0.3) is 0 Å². The summed E-state index contributed by atoms with van der Waals surface area (Å²) >= 11 is 12.1. The van der Waals surface area contributed by atoms with Crippen molar-refractivity contribution in [3.05, 3.63) is 57.6 Å². The predicted molar refractivity (Wildman–Crippen MR) is 86.5 cm³/mol. The summed E-state index contributed by atoms with van der Waals surface area (Å²) in [5.41, 5.74) is 7.04. The summed E-state index contributed by atoms with van der Waals surface area (Å²) in [7, 11) is 0. The molecule has 2 rings (SSSR count). The number of ether oxygens (including phenoxy) is 1. The smallest absolute Gasteiger partial charge is 0.196 e. The van der Waals surface area contributed by atoms with E-state index in [1.54, 1.807) is 36.4 Å². The van der Waals surface area contributed by atoms with Gasteiger partial charge in [-0.3, -0.25) is 4.79 Å². The highest BCUT2D eigenvalue weighted by Gasteiger charge is 2.19. The number of hydrogen-bond donors (Lipinski definition) is 1. The maximum Gasteiger partial charge on any atom is 0.196 e. The monoisotopic (exact) mass is 323 g/mol. The van der Waals surface area contributed by atoms with Crippen molar-refractivity contribution in [1.29, 1.82) is 0 Å². The van der Waals surface area contributed by atoms with Crippen LogP contribution in [0, 0.1) is 0 Å². The minimum absolute atomic E-state index is 0.224. The van der Waals surface area contributed by atoms with Crippen molar-refractivity contribution in [3.8, 4) is 5.75 Å². The molecule has 110 valence electrons. The summed E-state index contributed by atoms with van der Waals surface area (Å²) in [5, 5.41) is 0.708. The molecule has 0 saturated carbocycles. The van der Waals surface area contributed by atoms with Gasteiger partial charge in [-0.1, -0.05) is 42.3 Å². The molecule has 0 atom stereocenters. The average Bonchev–Trinajstić information content (AvgIpc) is 2.45. The van der Waals surface area contributed by atoms with Crippen molar-refractivity contribution in [2.24, 2.45) is 0 Å². The van der Waals surface area contributed by atoms with E-state index in [-0.39, 0.29) is 5.78 Å². The molecule has 0 heterocycles. The van der Waals surface area contributed by atoms with Crippen LogP contribution in [0.15, 0.2) is 36.4 Å². The molecule has 0 unspecified atom stereocenters. The van der Waals surface area contributed by atoms with Crippen molar-refractivity contribution >= 4 is 34.7 Å². The molecule has 0 spiro atoms. The van der Waals surface area contributed by atoms with E-state index in [9.17, 15) is 4.79 Å². The van der Waals surface area contributed by atoms with Crippen LogP contribution in [0.2, 0.25) is 10.0 Å². The number of nitrogens with two attached hydrogens (primary N) is 1. The summed E-state index contributed by atoms with van der Waals surface area (Å²) in [6, 6.07) is 9.86. The molecule has 0 aromatic heterocycles. The van der Waals surface area contributed by atoms with Gasteiger partial charge in [-0.15, -0.1) is 0 Å². The second kappa shape index (κ2) is 6.83. The number of rotatable bonds is 5. The largest absolute Gasteiger partial charge is 0.491 e. The normalized spacial score (nSPS) is 10.4. The second-order valence-corrected chi connectivity index (χ2v) is 5.41. The standard InChI is InChI=1S/C16H15Cl2NO2/c1-2-6-21-16-13(8-11(17)9-14(16)18)15(20)10-4-3-5-12(19)7-10/h3-5,7-9H,2,6,19H2,1H3. The van der Waals surface area contributed by atoms with Crippen LogP contribution in [-0.4, -0.2) is 12.4 Å². The molecule has 2 N–H and O–H groups in total. The minimum atomic E-state index is -0.224. The van der Waals surface area contributed by atoms with Crippen LogP contribution in [0.3, 0.4) is 0 Å². The fourth-order valence-corrected chi connectivity index (χ4v) is 2.46. The van der Waals surface area contributed by atoms with E-state index in [0.717, 1.165) is 6.42 Å². The molecule has 3 nitrogen and oxygen atoms in total. The van der Waals surface area contributed by atoms with Crippen molar-refractivity contribution in [2.45, 2.75) is 13.3 Å². The summed E-state index contributed by atoms with van der Waals surface area (Å²) in [6.07, 6.45) is 0.810. The molecule has 0 bridgehead atoms. The van der Waals surface area contributed by atoms with E-state index >= 15 is 0 Å². The predicted octanol–water partition coefficient (Wildman–Crippen LogP) is 4.60. The van der Waals surface area contributed by atoms with Gasteiger partial charge in [0, 0.05) is 16.3 Å². The maximum atomic E-state index is 12.6. The van der Waals surface area contributed by atoms with Gasteiger partial charge in [-0.2, -0.15) is 0 Å². The number of carbonyl (C=O) groups excluding carboxylic acids is 1. The lowest BCUT2D eigenvalue weighted by Gasteiger charge is -2.13. The lowest BCUT2D eigenvalue weighted by Crippen LogP contribution is -2.07. The second-order valence-electron chi connectivity index (χ2n) is 4.57. The first-order chi connectivity index (χ1) is 10.0. The highest BCUT2D eigenvalue weighted by atomic mass is 35.5. The zero-order valence-corrected chi connectivity index (χ0v) is 13.0. The summed E-state index contributed by atoms with van der Waals surface area (Å²) in [6.45, 7) is 2.45. The number of anilines is 1. The van der Waals surface area contributed by atoms with Crippen molar-refractivity contribution in [3.63, 3.8) is 0 Å². The molecular weight excluding hydrogens is 309 g/mol. The van der Waals surface area contributed by atoms with Gasteiger partial charge in [0.15, 0.2) is 5.78 Å². The molecule has 0 aliphatic rings. The van der Waals surface area contributed by atoms with E-state index in [0.29, 0.717) is 39.2 Å². The summed E-state index contributed by atoms with van der Waals surface area (Å²) < 4.78 is 5.60. The van der Waals surface area contributed by atoms with Crippen LogP contribution in [0.1, 0.15) is 29.3 Å². The maximum absolute atomic E-state index is 12.6. The Morgan fingerprint density at radius 2 is 2.00 bits per heavy atom. The average molecular weight is 324 g/mol. The van der Waals surface area contributed by atoms with E-state index < -0.39 is 0 Å². The highest BCUT2D eigenvalue weighted by Crippen LogP contribution is 2.34. The molecule has 2 aromatic carbocycles. The van der Waals surface area contributed by atoms with Crippen LogP contribution in [-0.2, 0) is 0 Å². The number of halogens is 2. The van der Waals surface area contributed by atoms with Gasteiger partial charge in [-0.05, 0) is 30.7 Å². The van der Waals surface area contributed by atoms with Crippen LogP contribution in [0.4, 0.5) is 5.69 Å². The Labute approximate surface area is 133 Å². The summed E-state index contributed by atoms with van der Waals surface area (Å²) in [4.78, 5) is 12.6. The highest BCUT2D eigenvalue weighted by molar-refractivity contribution is 6.36. The molecule has 2 aromatic rings. The zero-order chi connectivity index (χ0) is 15.4. The third-order valence-corrected chi connectivity index (χ3v) is 3.35. The van der Waals surface area contributed by atoms with Crippen molar-refractivity contribution in [1.82, 2.24) is 0 Å². The Bertz CT molecular complexity index is 671. The van der Waals surface area contributed by atoms with Gasteiger partial charge >= 0.3 is 0 Å². The molecular formula is C16H15Cl2NO2. The number of benzene rings is 2. The van der Waals surface area contributed by atoms with E-state index in [2.05, 4.69) is 0 Å². The fraction of sp³-hybridized carbons (Fsp3) is 0.188. The summed E-state index contributed by atoms with van der Waals surface area (Å²) in [5.74, 6) is 0.133. The first-order valence-electron chi connectivity index (χ1n) is 6.55. The van der Waals surface area contributed by atoms with Gasteiger partial charge in [0.2, 0.25) is 0 Å². The minimum Gasteiger partial charge on any atom is -0.491 e. The Hall–Kier alpha value is -1.71. The molecule has 0 amide bonds. The zero-order valence-electron chi connectivity index (χ0n) is 11.5. The molecule has 0 radical (unpaired) electrons. The molecule has 0 aliphatic carbocycles. The van der Waals surface area contributed by atoms with Gasteiger partial charge in [-0.25, -0.2) is 0 Å². The first kappa shape index (κ1) is 15.7. The van der Waals surface area contributed by atoms with Gasteiger partial charge in [0.05, 0.1) is 17.2 Å². The van der Waals surface area contributed by atoms with E-state index in [1.807, 2.05) is 6.92 Å². The molecule has 21 heavy (non-hydrogen) atoms. The van der Waals surface area contributed by atoms with Crippen LogP contribution in [0.5, 0.6) is 5.75 Å².